The van der Waals surface area contributed by atoms with Crippen LogP contribution in [-0.2, 0) is 0 Å². The summed E-state index contributed by atoms with van der Waals surface area (Å²) in [6.45, 7) is 6.79. The maximum atomic E-state index is 2.26. The molecule has 0 fully saturated rings. The summed E-state index contributed by atoms with van der Waals surface area (Å²) in [5, 5.41) is 0. The Morgan fingerprint density at radius 1 is 1.22 bits per heavy atom. The van der Waals surface area contributed by atoms with E-state index in [1.807, 2.05) is 23.5 Å². The van der Waals surface area contributed by atoms with Crippen molar-refractivity contribution in [3.8, 4) is 0 Å². The van der Waals surface area contributed by atoms with E-state index in [0.717, 1.165) is 10.5 Å². The van der Waals surface area contributed by atoms with E-state index >= 15 is 0 Å². The van der Waals surface area contributed by atoms with Crippen molar-refractivity contribution >= 4 is 23.5 Å². The topological polar surface area (TPSA) is 0 Å². The molecule has 0 bridgehead atoms. The van der Waals surface area contributed by atoms with Crippen molar-refractivity contribution in [2.24, 2.45) is 5.92 Å². The van der Waals surface area contributed by atoms with Crippen LogP contribution in [0.5, 0.6) is 0 Å². The van der Waals surface area contributed by atoms with Gasteiger partial charge in [0.05, 0.1) is 0 Å². The lowest BCUT2D eigenvalue weighted by Crippen LogP contribution is -1.95. The first-order valence-corrected chi connectivity index (χ1v) is 5.65. The van der Waals surface area contributed by atoms with E-state index in [0.29, 0.717) is 0 Å². The lowest BCUT2D eigenvalue weighted by molar-refractivity contribution is 0.750. The zero-order chi connectivity index (χ0) is 7.28. The average molecular weight is 164 g/mol. The highest BCUT2D eigenvalue weighted by Gasteiger charge is 2.00. The molecule has 0 radical (unpaired) electrons. The lowest BCUT2D eigenvalue weighted by atomic mass is 10.3. The van der Waals surface area contributed by atoms with Crippen LogP contribution in [0.1, 0.15) is 20.8 Å². The van der Waals surface area contributed by atoms with E-state index in [9.17, 15) is 0 Å². The van der Waals surface area contributed by atoms with E-state index < -0.39 is 0 Å². The lowest BCUT2D eigenvalue weighted by Gasteiger charge is -2.08. The molecule has 1 atom stereocenters. The molecule has 0 aliphatic heterocycles. The molecule has 0 N–H and O–H groups in total. The van der Waals surface area contributed by atoms with E-state index in [2.05, 4.69) is 27.0 Å². The van der Waals surface area contributed by atoms with Crippen molar-refractivity contribution in [2.75, 3.05) is 12.0 Å². The number of thioether (sulfide) groups is 2. The normalized spacial score (nSPS) is 14.3. The van der Waals surface area contributed by atoms with Crippen LogP contribution in [0, 0.1) is 5.92 Å². The van der Waals surface area contributed by atoms with Crippen LogP contribution in [0.2, 0.25) is 0 Å². The van der Waals surface area contributed by atoms with Gasteiger partial charge in [0.2, 0.25) is 0 Å². The summed E-state index contributed by atoms with van der Waals surface area (Å²) in [4.78, 5) is 0. The number of hydrogen-bond acceptors (Lipinski definition) is 2. The third-order valence-electron chi connectivity index (χ3n) is 0.996. The predicted molar refractivity (Wildman–Crippen MR) is 50.3 cm³/mol. The standard InChI is InChI=1S/C7H16S2/c1-6(2)5-9-7(3)8-4/h6-7H,5H2,1-4H3. The van der Waals surface area contributed by atoms with Gasteiger partial charge in [0.25, 0.3) is 0 Å². The Morgan fingerprint density at radius 2 is 1.78 bits per heavy atom. The summed E-state index contributed by atoms with van der Waals surface area (Å²) in [6.07, 6.45) is 2.16. The molecule has 0 heterocycles. The molecule has 0 aromatic heterocycles. The van der Waals surface area contributed by atoms with Gasteiger partial charge in [-0.05, 0) is 24.9 Å². The second-order valence-corrected chi connectivity index (χ2v) is 5.38. The van der Waals surface area contributed by atoms with E-state index in [1.165, 1.54) is 5.75 Å². The number of hydrogen-bond donors (Lipinski definition) is 0. The molecule has 0 aromatic rings. The Balaban J connectivity index is 3.06. The molecule has 9 heavy (non-hydrogen) atoms. The molecule has 0 aromatic carbocycles. The molecular formula is C7H16S2. The molecule has 2 heteroatoms. The van der Waals surface area contributed by atoms with Crippen molar-refractivity contribution in [2.45, 2.75) is 25.4 Å². The second-order valence-electron chi connectivity index (χ2n) is 2.53. The molecule has 0 saturated carbocycles. The zero-order valence-electron chi connectivity index (χ0n) is 6.68. The van der Waals surface area contributed by atoms with E-state index in [4.69, 9.17) is 0 Å². The smallest absolute Gasteiger partial charge is 0.0471 e. The Morgan fingerprint density at radius 3 is 2.11 bits per heavy atom. The minimum atomic E-state index is 0.771. The molecule has 0 amide bonds. The summed E-state index contributed by atoms with van der Waals surface area (Å²) < 4.78 is 0.771. The Kier molecular flexibility index (Phi) is 5.91. The molecule has 0 rings (SSSR count). The summed E-state index contributed by atoms with van der Waals surface area (Å²) >= 11 is 3.98. The summed E-state index contributed by atoms with van der Waals surface area (Å²) in [6, 6.07) is 0. The minimum Gasteiger partial charge on any atom is -0.151 e. The second kappa shape index (κ2) is 5.48. The molecular weight excluding hydrogens is 148 g/mol. The zero-order valence-corrected chi connectivity index (χ0v) is 8.31. The number of rotatable bonds is 4. The predicted octanol–water partition coefficient (Wildman–Crippen LogP) is 3.08. The molecule has 0 spiro atoms. The Hall–Kier alpha value is 0.700. The average Bonchev–Trinajstić information content (AvgIpc) is 1.83. The van der Waals surface area contributed by atoms with Gasteiger partial charge < -0.3 is 0 Å². The fourth-order valence-corrected chi connectivity index (χ4v) is 1.83. The van der Waals surface area contributed by atoms with E-state index in [-0.39, 0.29) is 0 Å². The van der Waals surface area contributed by atoms with Gasteiger partial charge in [-0.2, -0.15) is 11.8 Å². The first-order chi connectivity index (χ1) is 4.16. The van der Waals surface area contributed by atoms with Crippen LogP contribution in [0.3, 0.4) is 0 Å². The Labute approximate surface area is 67.2 Å². The molecule has 0 nitrogen and oxygen atoms in total. The summed E-state index contributed by atoms with van der Waals surface area (Å²) in [5.74, 6) is 2.13. The van der Waals surface area contributed by atoms with Gasteiger partial charge >= 0.3 is 0 Å². The maximum absolute atomic E-state index is 2.26. The van der Waals surface area contributed by atoms with Gasteiger partial charge in [-0.1, -0.05) is 13.8 Å². The summed E-state index contributed by atoms with van der Waals surface area (Å²) in [7, 11) is 0. The SMILES string of the molecule is CSC(C)SCC(C)C. The van der Waals surface area contributed by atoms with Crippen LogP contribution in [-0.4, -0.2) is 16.6 Å². The highest BCUT2D eigenvalue weighted by Crippen LogP contribution is 2.22. The van der Waals surface area contributed by atoms with Crippen molar-refractivity contribution in [3.63, 3.8) is 0 Å². The van der Waals surface area contributed by atoms with Crippen molar-refractivity contribution in [1.82, 2.24) is 0 Å². The van der Waals surface area contributed by atoms with Crippen LogP contribution >= 0.6 is 23.5 Å². The van der Waals surface area contributed by atoms with Crippen molar-refractivity contribution in [3.05, 3.63) is 0 Å². The monoisotopic (exact) mass is 164 g/mol. The van der Waals surface area contributed by atoms with Gasteiger partial charge in [0.15, 0.2) is 0 Å². The fourth-order valence-electron chi connectivity index (χ4n) is 0.396. The van der Waals surface area contributed by atoms with Crippen molar-refractivity contribution in [1.29, 1.82) is 0 Å². The molecule has 1 unspecified atom stereocenters. The molecule has 0 aliphatic rings. The van der Waals surface area contributed by atoms with Gasteiger partial charge in [-0.25, -0.2) is 0 Å². The van der Waals surface area contributed by atoms with Crippen LogP contribution in [0.25, 0.3) is 0 Å². The highest BCUT2D eigenvalue weighted by atomic mass is 32.2. The van der Waals surface area contributed by atoms with Gasteiger partial charge in [0.1, 0.15) is 0 Å². The molecule has 56 valence electrons. The van der Waals surface area contributed by atoms with Crippen LogP contribution < -0.4 is 0 Å². The van der Waals surface area contributed by atoms with Gasteiger partial charge in [-0.15, -0.1) is 11.8 Å². The maximum Gasteiger partial charge on any atom is 0.0471 e. The minimum absolute atomic E-state index is 0.771. The summed E-state index contributed by atoms with van der Waals surface area (Å²) in [5.41, 5.74) is 0. The third kappa shape index (κ3) is 6.59. The Bertz CT molecular complexity index is 61.9. The highest BCUT2D eigenvalue weighted by molar-refractivity contribution is 8.16. The van der Waals surface area contributed by atoms with E-state index in [1.54, 1.807) is 0 Å². The fraction of sp³-hybridized carbons (Fsp3) is 1.00. The van der Waals surface area contributed by atoms with Gasteiger partial charge in [0, 0.05) is 4.58 Å². The molecule has 0 aliphatic carbocycles. The quantitative estimate of drug-likeness (QED) is 0.586. The first kappa shape index (κ1) is 9.70. The largest absolute Gasteiger partial charge is 0.151 e. The molecule has 0 saturated heterocycles. The first-order valence-electron chi connectivity index (χ1n) is 3.31. The van der Waals surface area contributed by atoms with Crippen LogP contribution in [0.15, 0.2) is 0 Å². The van der Waals surface area contributed by atoms with Crippen LogP contribution in [0.4, 0.5) is 0 Å². The van der Waals surface area contributed by atoms with Crippen molar-refractivity contribution < 1.29 is 0 Å². The van der Waals surface area contributed by atoms with Gasteiger partial charge in [-0.3, -0.25) is 0 Å². The third-order valence-corrected chi connectivity index (χ3v) is 3.97.